The number of methoxy groups -OCH3 is 3. The van der Waals surface area contributed by atoms with Crippen molar-refractivity contribution >= 4 is 38.8 Å². The maximum Gasteiger partial charge on any atom is 0.240 e. The van der Waals surface area contributed by atoms with Gasteiger partial charge in [0.1, 0.15) is 5.82 Å². The Morgan fingerprint density at radius 2 is 1.85 bits per heavy atom. The van der Waals surface area contributed by atoms with Gasteiger partial charge >= 0.3 is 0 Å². The average Bonchev–Trinajstić information content (AvgIpc) is 3.27. The number of aromatic hydroxyl groups is 1. The Kier molecular flexibility index (Phi) is 8.55. The van der Waals surface area contributed by atoms with Crippen molar-refractivity contribution in [2.75, 3.05) is 27.9 Å². The number of ether oxygens (including phenoxy) is 3. The number of nitrogens with one attached hydrogen (secondary N) is 1. The number of hydrogen-bond donors (Lipinski definition) is 2. The zero-order valence-electron chi connectivity index (χ0n) is 19.0. The first kappa shape index (κ1) is 25.1. The van der Waals surface area contributed by atoms with E-state index in [1.807, 2.05) is 0 Å². The first-order chi connectivity index (χ1) is 16.4. The molecule has 3 aromatic rings. The Bertz CT molecular complexity index is 1220. The standard InChI is InChI=1S/C24H25FN2O6S/c1-31-12-11-18(16-13-34-24-14(16)5-4-6-17(24)25)26-27-21(29)10-8-19(28)15-7-9-20(32-2)23(33-3)22(15)30/h4-7,9,13,30H,8,10-12H2,1-3H3,(H,27,29)/b26-18+. The predicted molar refractivity (Wildman–Crippen MR) is 128 cm³/mol. The summed E-state index contributed by atoms with van der Waals surface area (Å²) >= 11 is 1.26. The number of carbonyl (C=O) groups excluding carboxylic acids is 2. The fourth-order valence-corrected chi connectivity index (χ4v) is 4.36. The predicted octanol–water partition coefficient (Wildman–Crippen LogP) is 4.28. The van der Waals surface area contributed by atoms with Gasteiger partial charge < -0.3 is 19.3 Å². The maximum absolute atomic E-state index is 14.1. The zero-order chi connectivity index (χ0) is 24.7. The van der Waals surface area contributed by atoms with E-state index >= 15 is 0 Å². The Balaban J connectivity index is 1.70. The molecule has 2 aromatic carbocycles. The molecule has 0 aliphatic rings. The van der Waals surface area contributed by atoms with Gasteiger partial charge in [-0.3, -0.25) is 9.59 Å². The average molecular weight is 489 g/mol. The molecule has 3 rings (SSSR count). The third-order valence-electron chi connectivity index (χ3n) is 5.12. The number of thiophene rings is 1. The van der Waals surface area contributed by atoms with Crippen LogP contribution in [0.15, 0.2) is 40.8 Å². The highest BCUT2D eigenvalue weighted by Gasteiger charge is 2.20. The van der Waals surface area contributed by atoms with Gasteiger partial charge in [0.25, 0.3) is 0 Å². The van der Waals surface area contributed by atoms with Crippen LogP contribution in [0, 0.1) is 5.82 Å². The largest absolute Gasteiger partial charge is 0.504 e. The molecule has 10 heteroatoms. The van der Waals surface area contributed by atoms with E-state index < -0.39 is 11.7 Å². The summed E-state index contributed by atoms with van der Waals surface area (Å²) in [5, 5.41) is 17.0. The molecule has 1 aromatic heterocycles. The van der Waals surface area contributed by atoms with Gasteiger partial charge in [-0.2, -0.15) is 5.10 Å². The summed E-state index contributed by atoms with van der Waals surface area (Å²) in [5.74, 6) is -1.24. The van der Waals surface area contributed by atoms with Gasteiger partial charge in [-0.25, -0.2) is 9.82 Å². The number of hydrogen-bond acceptors (Lipinski definition) is 8. The summed E-state index contributed by atoms with van der Waals surface area (Å²) in [6, 6.07) is 7.73. The number of hydrazone groups is 1. The van der Waals surface area contributed by atoms with E-state index in [2.05, 4.69) is 10.5 Å². The molecule has 8 nitrogen and oxygen atoms in total. The lowest BCUT2D eigenvalue weighted by Crippen LogP contribution is -2.21. The SMILES string of the molecule is COCC/C(=N\NC(=O)CCC(=O)c1ccc(OC)c(OC)c1O)c1csc2c(F)cccc12. The van der Waals surface area contributed by atoms with Crippen LogP contribution in [0.3, 0.4) is 0 Å². The summed E-state index contributed by atoms with van der Waals surface area (Å²) < 4.78 is 29.9. The van der Waals surface area contributed by atoms with E-state index in [4.69, 9.17) is 14.2 Å². The van der Waals surface area contributed by atoms with Crippen molar-refractivity contribution in [1.82, 2.24) is 5.43 Å². The van der Waals surface area contributed by atoms with Gasteiger partial charge in [0.05, 0.1) is 36.8 Å². The molecule has 0 aliphatic carbocycles. The second kappa shape index (κ2) is 11.6. The lowest BCUT2D eigenvalue weighted by Gasteiger charge is -2.12. The number of Topliss-reactive ketones (excluding diaryl/α,β-unsaturated/α-hetero) is 1. The topological polar surface area (TPSA) is 106 Å². The fraction of sp³-hybridized carbons (Fsp3) is 0.292. The Morgan fingerprint density at radius 1 is 1.06 bits per heavy atom. The lowest BCUT2D eigenvalue weighted by molar-refractivity contribution is -0.121. The van der Waals surface area contributed by atoms with Crippen LogP contribution in [0.1, 0.15) is 35.2 Å². The monoisotopic (exact) mass is 488 g/mol. The van der Waals surface area contributed by atoms with Crippen molar-refractivity contribution in [3.05, 3.63) is 52.7 Å². The summed E-state index contributed by atoms with van der Waals surface area (Å²) in [6.07, 6.45) is 0.106. The van der Waals surface area contributed by atoms with E-state index in [-0.39, 0.29) is 41.5 Å². The molecule has 180 valence electrons. The molecule has 0 saturated heterocycles. The Hall–Kier alpha value is -3.50. The van der Waals surface area contributed by atoms with Crippen LogP contribution in [0.5, 0.6) is 17.2 Å². The minimum absolute atomic E-state index is 0.0292. The second-order valence-corrected chi connectivity index (χ2v) is 8.10. The molecule has 1 heterocycles. The normalized spacial score (nSPS) is 11.5. The zero-order valence-corrected chi connectivity index (χ0v) is 19.8. The lowest BCUT2D eigenvalue weighted by atomic mass is 10.0. The van der Waals surface area contributed by atoms with Crippen molar-refractivity contribution in [2.45, 2.75) is 19.3 Å². The number of phenols is 1. The minimum Gasteiger partial charge on any atom is -0.504 e. The molecule has 0 aliphatic heterocycles. The molecule has 0 radical (unpaired) electrons. The van der Waals surface area contributed by atoms with E-state index in [0.717, 1.165) is 0 Å². The summed E-state index contributed by atoms with van der Waals surface area (Å²) in [5.41, 5.74) is 3.74. The van der Waals surface area contributed by atoms with E-state index in [1.54, 1.807) is 24.6 Å². The molecular formula is C24H25FN2O6S. The molecule has 1 amide bonds. The Labute approximate surface area is 199 Å². The first-order valence-electron chi connectivity index (χ1n) is 10.4. The number of carbonyl (C=O) groups is 2. The summed E-state index contributed by atoms with van der Waals surface area (Å²) in [6.45, 7) is 0.360. The summed E-state index contributed by atoms with van der Waals surface area (Å²) in [4.78, 5) is 24.9. The smallest absolute Gasteiger partial charge is 0.240 e. The van der Waals surface area contributed by atoms with E-state index in [9.17, 15) is 19.1 Å². The molecule has 0 bridgehead atoms. The molecule has 0 unspecified atom stereocenters. The maximum atomic E-state index is 14.1. The highest BCUT2D eigenvalue weighted by Crippen LogP contribution is 2.39. The van der Waals surface area contributed by atoms with E-state index in [1.165, 1.54) is 43.8 Å². The Morgan fingerprint density at radius 3 is 2.56 bits per heavy atom. The van der Waals surface area contributed by atoms with Crippen LogP contribution in [0.25, 0.3) is 10.1 Å². The third kappa shape index (κ3) is 5.52. The van der Waals surface area contributed by atoms with Crippen LogP contribution in [-0.2, 0) is 9.53 Å². The number of nitrogens with zero attached hydrogens (tertiary/aromatic N) is 1. The fourth-order valence-electron chi connectivity index (χ4n) is 3.38. The van der Waals surface area contributed by atoms with Crippen LogP contribution < -0.4 is 14.9 Å². The van der Waals surface area contributed by atoms with Gasteiger partial charge in [-0.1, -0.05) is 12.1 Å². The van der Waals surface area contributed by atoms with Crippen LogP contribution in [0.2, 0.25) is 0 Å². The highest BCUT2D eigenvalue weighted by atomic mass is 32.1. The van der Waals surface area contributed by atoms with Gasteiger partial charge in [0, 0.05) is 42.7 Å². The molecule has 34 heavy (non-hydrogen) atoms. The van der Waals surface area contributed by atoms with Gasteiger partial charge in [0.15, 0.2) is 17.3 Å². The quantitative estimate of drug-likeness (QED) is 0.237. The molecule has 2 N–H and O–H groups in total. The van der Waals surface area contributed by atoms with Crippen molar-refractivity contribution in [2.24, 2.45) is 5.10 Å². The number of halogens is 1. The number of fused-ring (bicyclic) bond motifs is 1. The molecule has 0 saturated carbocycles. The molecular weight excluding hydrogens is 463 g/mol. The van der Waals surface area contributed by atoms with Crippen LogP contribution >= 0.6 is 11.3 Å². The first-order valence-corrected chi connectivity index (χ1v) is 11.3. The molecule has 0 spiro atoms. The van der Waals surface area contributed by atoms with Crippen molar-refractivity contribution < 1.29 is 33.3 Å². The number of ketones is 1. The number of benzene rings is 2. The van der Waals surface area contributed by atoms with Gasteiger partial charge in [0.2, 0.25) is 11.7 Å². The minimum atomic E-state index is -0.478. The highest BCUT2D eigenvalue weighted by molar-refractivity contribution is 7.17. The summed E-state index contributed by atoms with van der Waals surface area (Å²) in [7, 11) is 4.32. The van der Waals surface area contributed by atoms with Crippen LogP contribution in [0.4, 0.5) is 4.39 Å². The number of phenolic OH excluding ortho intramolecular Hbond substituents is 1. The van der Waals surface area contributed by atoms with Crippen molar-refractivity contribution in [3.8, 4) is 17.2 Å². The third-order valence-corrected chi connectivity index (χ3v) is 6.12. The van der Waals surface area contributed by atoms with Crippen molar-refractivity contribution in [3.63, 3.8) is 0 Å². The molecule has 0 fully saturated rings. The van der Waals surface area contributed by atoms with Crippen molar-refractivity contribution in [1.29, 1.82) is 0 Å². The van der Waals surface area contributed by atoms with E-state index in [0.29, 0.717) is 34.4 Å². The number of rotatable bonds is 11. The van der Waals surface area contributed by atoms with Gasteiger partial charge in [-0.15, -0.1) is 11.3 Å². The van der Waals surface area contributed by atoms with Crippen LogP contribution in [-0.4, -0.2) is 50.4 Å². The second-order valence-electron chi connectivity index (χ2n) is 7.22. The van der Waals surface area contributed by atoms with Gasteiger partial charge in [-0.05, 0) is 18.2 Å². The molecule has 0 atom stereocenters. The number of amides is 1.